The van der Waals surface area contributed by atoms with E-state index < -0.39 is 12.5 Å². The molecule has 4 aromatic heterocycles. The molecule has 1 unspecified atom stereocenters. The van der Waals surface area contributed by atoms with Gasteiger partial charge in [0.05, 0.1) is 17.9 Å². The summed E-state index contributed by atoms with van der Waals surface area (Å²) in [5.41, 5.74) is 3.23. The Hall–Kier alpha value is -4.58. The fraction of sp³-hybridized carbons (Fsp3) is 0.360. The normalized spacial score (nSPS) is 15.1. The van der Waals surface area contributed by atoms with Gasteiger partial charge >= 0.3 is 0 Å². The summed E-state index contributed by atoms with van der Waals surface area (Å²) in [5, 5.41) is 27.6. The van der Waals surface area contributed by atoms with Gasteiger partial charge in [0.15, 0.2) is 6.19 Å². The largest absolute Gasteiger partial charge is 0.471 e. The third kappa shape index (κ3) is 4.54. The highest BCUT2D eigenvalue weighted by molar-refractivity contribution is 5.68. The van der Waals surface area contributed by atoms with Gasteiger partial charge in [0.25, 0.3) is 6.43 Å². The van der Waals surface area contributed by atoms with E-state index in [1.165, 1.54) is 18.5 Å². The van der Waals surface area contributed by atoms with Gasteiger partial charge in [0.1, 0.15) is 29.2 Å². The Morgan fingerprint density at radius 1 is 1.08 bits per heavy atom. The summed E-state index contributed by atoms with van der Waals surface area (Å²) in [4.78, 5) is 10.0. The van der Waals surface area contributed by atoms with Crippen molar-refractivity contribution in [3.05, 3.63) is 59.3 Å². The van der Waals surface area contributed by atoms with Gasteiger partial charge in [-0.1, -0.05) is 5.21 Å². The van der Waals surface area contributed by atoms with Crippen molar-refractivity contribution in [1.82, 2.24) is 34.3 Å². The zero-order valence-corrected chi connectivity index (χ0v) is 20.2. The van der Waals surface area contributed by atoms with Gasteiger partial charge in [-0.25, -0.2) is 18.4 Å². The molecule has 0 amide bonds. The Balaban J connectivity index is 1.51. The smallest absolute Gasteiger partial charge is 0.265 e. The van der Waals surface area contributed by atoms with E-state index in [0.717, 1.165) is 24.7 Å². The van der Waals surface area contributed by atoms with E-state index in [1.807, 2.05) is 11.6 Å². The number of fused-ring (bicyclic) bond motifs is 1. The van der Waals surface area contributed by atoms with E-state index in [2.05, 4.69) is 32.5 Å². The van der Waals surface area contributed by atoms with Crippen LogP contribution in [0.25, 0.3) is 16.9 Å². The minimum atomic E-state index is -2.65. The number of nitrogens with zero attached hydrogens (tertiary/aromatic N) is 9. The van der Waals surface area contributed by atoms with Crippen molar-refractivity contribution in [2.45, 2.75) is 45.3 Å². The highest BCUT2D eigenvalue weighted by Gasteiger charge is 2.25. The monoisotopic (exact) mass is 503 g/mol. The van der Waals surface area contributed by atoms with Crippen molar-refractivity contribution in [1.29, 1.82) is 10.5 Å². The molecule has 0 radical (unpaired) electrons. The second kappa shape index (κ2) is 9.82. The molecule has 1 fully saturated rings. The number of pyridine rings is 2. The first-order valence-corrected chi connectivity index (χ1v) is 11.8. The number of halogens is 2. The molecule has 0 aliphatic carbocycles. The second-order valence-electron chi connectivity index (χ2n) is 8.93. The third-order valence-electron chi connectivity index (χ3n) is 6.64. The Morgan fingerprint density at radius 2 is 1.84 bits per heavy atom. The van der Waals surface area contributed by atoms with Gasteiger partial charge in [-0.2, -0.15) is 10.5 Å². The molecule has 5 heterocycles. The summed E-state index contributed by atoms with van der Waals surface area (Å²) in [6, 6.07) is 7.14. The molecular weight excluding hydrogens is 480 g/mol. The molecule has 0 aromatic carbocycles. The number of hydrogen-bond acceptors (Lipinski definition) is 8. The topological polar surface area (TPSA) is 121 Å². The number of rotatable bonds is 6. The average Bonchev–Trinajstić information content (AvgIpc) is 3.52. The van der Waals surface area contributed by atoms with E-state index in [4.69, 9.17) is 10.00 Å². The van der Waals surface area contributed by atoms with Crippen LogP contribution in [0.5, 0.6) is 5.88 Å². The Labute approximate surface area is 211 Å². The molecule has 0 spiro atoms. The molecule has 1 saturated heterocycles. The maximum absolute atomic E-state index is 13.2. The minimum absolute atomic E-state index is 0.136. The number of imidazole rings is 1. The van der Waals surface area contributed by atoms with Crippen LogP contribution in [0, 0.1) is 29.7 Å². The number of nitriles is 2. The number of hydrogen-bond donors (Lipinski definition) is 0. The lowest BCUT2D eigenvalue weighted by Crippen LogP contribution is -2.31. The summed E-state index contributed by atoms with van der Waals surface area (Å²) in [6.45, 7) is 5.00. The Morgan fingerprint density at radius 3 is 2.54 bits per heavy atom. The average molecular weight is 504 g/mol. The van der Waals surface area contributed by atoms with Crippen LogP contribution in [0.3, 0.4) is 0 Å². The molecular formula is C25H23F2N9O. The van der Waals surface area contributed by atoms with E-state index >= 15 is 0 Å². The third-order valence-corrected chi connectivity index (χ3v) is 6.64. The number of ether oxygens (including phenoxy) is 1. The molecule has 12 heteroatoms. The first kappa shape index (κ1) is 24.1. The van der Waals surface area contributed by atoms with Gasteiger partial charge in [-0.3, -0.25) is 9.38 Å². The van der Waals surface area contributed by atoms with Crippen molar-refractivity contribution in [2.75, 3.05) is 13.1 Å². The molecule has 37 heavy (non-hydrogen) atoms. The van der Waals surface area contributed by atoms with Gasteiger partial charge < -0.3 is 9.64 Å². The molecule has 0 saturated carbocycles. The molecule has 5 rings (SSSR count). The first-order valence-electron chi connectivity index (χ1n) is 11.8. The summed E-state index contributed by atoms with van der Waals surface area (Å²) >= 11 is 0. The number of alkyl halides is 2. The molecule has 1 aliphatic rings. The predicted octanol–water partition coefficient (Wildman–Crippen LogP) is 4.36. The van der Waals surface area contributed by atoms with Crippen LogP contribution in [0.15, 0.2) is 36.8 Å². The van der Waals surface area contributed by atoms with E-state index in [9.17, 15) is 14.0 Å². The lowest BCUT2D eigenvalue weighted by atomic mass is 10.0. The van der Waals surface area contributed by atoms with Crippen LogP contribution in [0.1, 0.15) is 60.9 Å². The summed E-state index contributed by atoms with van der Waals surface area (Å²) in [7, 11) is 0. The number of piperidine rings is 1. The van der Waals surface area contributed by atoms with Gasteiger partial charge in [-0.05, 0) is 38.8 Å². The second-order valence-corrected chi connectivity index (χ2v) is 8.93. The Bertz CT molecular complexity index is 1520. The molecule has 0 N–H and O–H groups in total. The summed E-state index contributed by atoms with van der Waals surface area (Å²) in [6.07, 6.45) is 4.53. The van der Waals surface area contributed by atoms with Crippen molar-refractivity contribution < 1.29 is 13.5 Å². The number of likely N-dealkylation sites (tertiary alicyclic amines) is 1. The summed E-state index contributed by atoms with van der Waals surface area (Å²) in [5.74, 6) is 0.313. The van der Waals surface area contributed by atoms with Crippen molar-refractivity contribution >= 4 is 5.65 Å². The van der Waals surface area contributed by atoms with Crippen LogP contribution in [-0.4, -0.2) is 47.4 Å². The molecule has 10 nitrogen and oxygen atoms in total. The maximum atomic E-state index is 13.2. The van der Waals surface area contributed by atoms with Crippen LogP contribution in [-0.2, 0) is 0 Å². The SMILES string of the molecule is Cc1c(-c2cc(OC(C)c3cncc(C(F)F)c3)n3c(C#N)cnc3c2)nnn1C1CCN(C#N)CC1. The van der Waals surface area contributed by atoms with Crippen LogP contribution in [0.2, 0.25) is 0 Å². The highest BCUT2D eigenvalue weighted by Crippen LogP contribution is 2.33. The lowest BCUT2D eigenvalue weighted by molar-refractivity contribution is 0.150. The maximum Gasteiger partial charge on any atom is 0.265 e. The molecule has 4 aromatic rings. The first-order chi connectivity index (χ1) is 17.9. The number of aromatic nitrogens is 6. The minimum Gasteiger partial charge on any atom is -0.471 e. The molecule has 1 aliphatic heterocycles. The summed E-state index contributed by atoms with van der Waals surface area (Å²) < 4.78 is 36.0. The van der Waals surface area contributed by atoms with Gasteiger partial charge in [-0.15, -0.1) is 5.10 Å². The molecule has 0 bridgehead atoms. The zero-order chi connectivity index (χ0) is 26.1. The standard InChI is InChI=1S/C25H23F2N9O/c1-15-24(32-33-36(15)20-3-5-34(14-29)6-4-20)17-8-22-31-13-21(10-28)35(22)23(9-17)37-16(2)18-7-19(25(26)27)12-30-11-18/h7-9,11-13,16,20,25H,3-6H2,1-2H3. The van der Waals surface area contributed by atoms with Gasteiger partial charge in [0.2, 0.25) is 5.88 Å². The van der Waals surface area contributed by atoms with Crippen molar-refractivity contribution in [3.63, 3.8) is 0 Å². The predicted molar refractivity (Wildman–Crippen MR) is 127 cm³/mol. The fourth-order valence-electron chi connectivity index (χ4n) is 4.61. The highest BCUT2D eigenvalue weighted by atomic mass is 19.3. The van der Waals surface area contributed by atoms with E-state index in [0.29, 0.717) is 41.4 Å². The molecule has 1 atom stereocenters. The zero-order valence-electron chi connectivity index (χ0n) is 20.2. The lowest BCUT2D eigenvalue weighted by Gasteiger charge is -2.28. The van der Waals surface area contributed by atoms with E-state index in [1.54, 1.807) is 28.4 Å². The van der Waals surface area contributed by atoms with Crippen molar-refractivity contribution in [3.8, 4) is 29.4 Å². The van der Waals surface area contributed by atoms with Gasteiger partial charge in [0, 0.05) is 48.2 Å². The molecule has 188 valence electrons. The van der Waals surface area contributed by atoms with Crippen molar-refractivity contribution in [2.24, 2.45) is 0 Å². The fourth-order valence-corrected chi connectivity index (χ4v) is 4.61. The van der Waals surface area contributed by atoms with Crippen LogP contribution < -0.4 is 4.74 Å². The van der Waals surface area contributed by atoms with E-state index in [-0.39, 0.29) is 17.3 Å². The van der Waals surface area contributed by atoms with Crippen LogP contribution in [0.4, 0.5) is 8.78 Å². The van der Waals surface area contributed by atoms with Crippen LogP contribution >= 0.6 is 0 Å². The quantitative estimate of drug-likeness (QED) is 0.356. The Kier molecular flexibility index (Phi) is 6.40.